The van der Waals surface area contributed by atoms with E-state index in [-0.39, 0.29) is 0 Å². The smallest absolute Gasteiger partial charge is 0.0489 e. The van der Waals surface area contributed by atoms with Gasteiger partial charge in [0.25, 0.3) is 0 Å². The summed E-state index contributed by atoms with van der Waals surface area (Å²) in [5.41, 5.74) is 0. The van der Waals surface area contributed by atoms with Crippen molar-refractivity contribution in [3.8, 4) is 0 Å². The molecule has 1 aromatic rings. The van der Waals surface area contributed by atoms with Crippen LogP contribution in [-0.2, 0) is 6.54 Å². The number of nitrogens with zero attached hydrogens (tertiary/aromatic N) is 2. The summed E-state index contributed by atoms with van der Waals surface area (Å²) < 4.78 is 2.09. The zero-order chi connectivity index (χ0) is 8.67. The molecule has 0 spiro atoms. The second-order valence-corrected chi connectivity index (χ2v) is 4.66. The van der Waals surface area contributed by atoms with Crippen molar-refractivity contribution in [2.24, 2.45) is 17.8 Å². The topological polar surface area (TPSA) is 17.8 Å². The fourth-order valence-corrected chi connectivity index (χ4v) is 2.79. The first-order chi connectivity index (χ1) is 6.42. The molecule has 0 radical (unpaired) electrons. The van der Waals surface area contributed by atoms with E-state index in [2.05, 4.69) is 16.0 Å². The standard InChI is InChI=1S/C11H16N2/c1-4-12-13(5-1)8-9-2-3-10-7-11(10)6-9/h1,4-5,9-11H,2-3,6-8H2. The lowest BCUT2D eigenvalue weighted by Gasteiger charge is -2.20. The van der Waals surface area contributed by atoms with Gasteiger partial charge in [-0.05, 0) is 49.5 Å². The number of hydrogen-bond donors (Lipinski definition) is 0. The Morgan fingerprint density at radius 1 is 1.23 bits per heavy atom. The molecule has 2 nitrogen and oxygen atoms in total. The van der Waals surface area contributed by atoms with Crippen LogP contribution >= 0.6 is 0 Å². The average molecular weight is 176 g/mol. The molecule has 3 rings (SSSR count). The van der Waals surface area contributed by atoms with Crippen LogP contribution in [0, 0.1) is 17.8 Å². The predicted octanol–water partition coefficient (Wildman–Crippen LogP) is 2.32. The van der Waals surface area contributed by atoms with Gasteiger partial charge in [-0.3, -0.25) is 4.68 Å². The molecule has 2 fully saturated rings. The Kier molecular flexibility index (Phi) is 1.67. The summed E-state index contributed by atoms with van der Waals surface area (Å²) in [7, 11) is 0. The van der Waals surface area contributed by atoms with Gasteiger partial charge in [0.15, 0.2) is 0 Å². The minimum Gasteiger partial charge on any atom is -0.272 e. The highest BCUT2D eigenvalue weighted by Crippen LogP contribution is 2.51. The Morgan fingerprint density at radius 3 is 3.00 bits per heavy atom. The van der Waals surface area contributed by atoms with Gasteiger partial charge in [0.05, 0.1) is 0 Å². The number of fused-ring (bicyclic) bond motifs is 1. The van der Waals surface area contributed by atoms with Gasteiger partial charge in [-0.25, -0.2) is 0 Å². The summed E-state index contributed by atoms with van der Waals surface area (Å²) in [4.78, 5) is 0. The Balaban J connectivity index is 1.60. The molecule has 0 amide bonds. The third-order valence-electron chi connectivity index (χ3n) is 3.66. The van der Waals surface area contributed by atoms with Gasteiger partial charge in [-0.15, -0.1) is 0 Å². The summed E-state index contributed by atoms with van der Waals surface area (Å²) in [6.07, 6.45) is 9.86. The van der Waals surface area contributed by atoms with Crippen LogP contribution in [0.25, 0.3) is 0 Å². The molecule has 0 bridgehead atoms. The third-order valence-corrected chi connectivity index (χ3v) is 3.66. The van der Waals surface area contributed by atoms with Crippen LogP contribution in [0.1, 0.15) is 25.7 Å². The van der Waals surface area contributed by atoms with E-state index in [0.717, 1.165) is 24.3 Å². The van der Waals surface area contributed by atoms with Crippen LogP contribution in [0.5, 0.6) is 0 Å². The molecule has 0 aromatic carbocycles. The van der Waals surface area contributed by atoms with Crippen molar-refractivity contribution in [3.05, 3.63) is 18.5 Å². The van der Waals surface area contributed by atoms with Crippen molar-refractivity contribution in [1.82, 2.24) is 9.78 Å². The maximum atomic E-state index is 4.27. The average Bonchev–Trinajstić information content (AvgIpc) is 2.73. The second-order valence-electron chi connectivity index (χ2n) is 4.66. The Bertz CT molecular complexity index is 278. The van der Waals surface area contributed by atoms with E-state index in [9.17, 15) is 0 Å². The van der Waals surface area contributed by atoms with Crippen LogP contribution in [0.3, 0.4) is 0 Å². The molecule has 3 unspecified atom stereocenters. The maximum absolute atomic E-state index is 4.27. The van der Waals surface area contributed by atoms with Crippen molar-refractivity contribution in [1.29, 1.82) is 0 Å². The summed E-state index contributed by atoms with van der Waals surface area (Å²) in [6.45, 7) is 1.15. The lowest BCUT2D eigenvalue weighted by Crippen LogP contribution is -2.15. The van der Waals surface area contributed by atoms with E-state index in [1.54, 1.807) is 0 Å². The first-order valence-corrected chi connectivity index (χ1v) is 5.39. The summed E-state index contributed by atoms with van der Waals surface area (Å²) in [6, 6.07) is 2.02. The van der Waals surface area contributed by atoms with Crippen LogP contribution < -0.4 is 0 Å². The van der Waals surface area contributed by atoms with E-state index < -0.39 is 0 Å². The minimum atomic E-state index is 0.906. The van der Waals surface area contributed by atoms with Gasteiger partial charge >= 0.3 is 0 Å². The number of hydrogen-bond acceptors (Lipinski definition) is 1. The van der Waals surface area contributed by atoms with Gasteiger partial charge in [-0.2, -0.15) is 5.10 Å². The summed E-state index contributed by atoms with van der Waals surface area (Å²) in [5, 5.41) is 4.27. The predicted molar refractivity (Wildman–Crippen MR) is 51.2 cm³/mol. The van der Waals surface area contributed by atoms with Crippen molar-refractivity contribution in [2.75, 3.05) is 0 Å². The first kappa shape index (κ1) is 7.60. The Labute approximate surface area is 78.9 Å². The highest BCUT2D eigenvalue weighted by Gasteiger charge is 2.41. The molecular weight excluding hydrogens is 160 g/mol. The van der Waals surface area contributed by atoms with E-state index in [0.29, 0.717) is 0 Å². The quantitative estimate of drug-likeness (QED) is 0.676. The highest BCUT2D eigenvalue weighted by molar-refractivity contribution is 4.92. The lowest BCUT2D eigenvalue weighted by molar-refractivity contribution is 0.297. The Hall–Kier alpha value is -0.790. The van der Waals surface area contributed by atoms with Gasteiger partial charge < -0.3 is 0 Å². The largest absolute Gasteiger partial charge is 0.272 e. The molecule has 2 saturated carbocycles. The van der Waals surface area contributed by atoms with Crippen LogP contribution in [0.2, 0.25) is 0 Å². The fourth-order valence-electron chi connectivity index (χ4n) is 2.79. The molecule has 0 aliphatic heterocycles. The van der Waals surface area contributed by atoms with Crippen molar-refractivity contribution in [3.63, 3.8) is 0 Å². The molecule has 70 valence electrons. The van der Waals surface area contributed by atoms with E-state index >= 15 is 0 Å². The van der Waals surface area contributed by atoms with Crippen molar-refractivity contribution in [2.45, 2.75) is 32.2 Å². The first-order valence-electron chi connectivity index (χ1n) is 5.39. The molecule has 13 heavy (non-hydrogen) atoms. The number of aromatic nitrogens is 2. The van der Waals surface area contributed by atoms with Gasteiger partial charge in [0.1, 0.15) is 0 Å². The van der Waals surface area contributed by atoms with Gasteiger partial charge in [-0.1, -0.05) is 0 Å². The minimum absolute atomic E-state index is 0.906. The lowest BCUT2D eigenvalue weighted by atomic mass is 9.89. The SMILES string of the molecule is c1cnn(CC2CCC3CC3C2)c1. The van der Waals surface area contributed by atoms with Crippen LogP contribution in [0.15, 0.2) is 18.5 Å². The molecule has 2 aliphatic carbocycles. The summed E-state index contributed by atoms with van der Waals surface area (Å²) >= 11 is 0. The molecule has 1 heterocycles. The molecule has 0 N–H and O–H groups in total. The summed E-state index contributed by atoms with van der Waals surface area (Å²) in [5.74, 6) is 3.12. The maximum Gasteiger partial charge on any atom is 0.0489 e. The molecule has 3 atom stereocenters. The van der Waals surface area contributed by atoms with Gasteiger partial charge in [0, 0.05) is 18.9 Å². The fraction of sp³-hybridized carbons (Fsp3) is 0.727. The van der Waals surface area contributed by atoms with E-state index in [4.69, 9.17) is 0 Å². The molecule has 2 heteroatoms. The van der Waals surface area contributed by atoms with Crippen molar-refractivity contribution < 1.29 is 0 Å². The molecular formula is C11H16N2. The van der Waals surface area contributed by atoms with Crippen LogP contribution in [0.4, 0.5) is 0 Å². The van der Waals surface area contributed by atoms with Crippen LogP contribution in [-0.4, -0.2) is 9.78 Å². The monoisotopic (exact) mass is 176 g/mol. The highest BCUT2D eigenvalue weighted by atomic mass is 15.3. The zero-order valence-corrected chi connectivity index (χ0v) is 7.89. The molecule has 1 aromatic heterocycles. The normalized spacial score (nSPS) is 37.1. The van der Waals surface area contributed by atoms with E-state index in [1.165, 1.54) is 25.7 Å². The number of rotatable bonds is 2. The molecule has 2 aliphatic rings. The van der Waals surface area contributed by atoms with Gasteiger partial charge in [0.2, 0.25) is 0 Å². The van der Waals surface area contributed by atoms with E-state index in [1.807, 2.05) is 12.3 Å². The Morgan fingerprint density at radius 2 is 2.23 bits per heavy atom. The third kappa shape index (κ3) is 1.50. The van der Waals surface area contributed by atoms with Crippen molar-refractivity contribution >= 4 is 0 Å². The zero-order valence-electron chi connectivity index (χ0n) is 7.89. The molecule has 0 saturated heterocycles. The second kappa shape index (κ2) is 2.86.